The SMILES string of the molecule is CCOC(=O)N1CCN(c2ccc([C@H](C)O)cn2)CC1. The summed E-state index contributed by atoms with van der Waals surface area (Å²) < 4.78 is 4.99. The molecule has 6 nitrogen and oxygen atoms in total. The van der Waals surface area contributed by atoms with Crippen molar-refractivity contribution in [1.29, 1.82) is 0 Å². The molecule has 0 unspecified atom stereocenters. The van der Waals surface area contributed by atoms with Gasteiger partial charge in [0, 0.05) is 32.4 Å². The smallest absolute Gasteiger partial charge is 0.409 e. The Balaban J connectivity index is 1.91. The van der Waals surface area contributed by atoms with Crippen molar-refractivity contribution < 1.29 is 14.6 Å². The van der Waals surface area contributed by atoms with Crippen molar-refractivity contribution in [3.05, 3.63) is 23.9 Å². The topological polar surface area (TPSA) is 65.9 Å². The van der Waals surface area contributed by atoms with Gasteiger partial charge in [-0.2, -0.15) is 0 Å². The fourth-order valence-electron chi connectivity index (χ4n) is 2.16. The van der Waals surface area contributed by atoms with E-state index < -0.39 is 6.10 Å². The fourth-order valence-corrected chi connectivity index (χ4v) is 2.16. The number of ether oxygens (including phenoxy) is 1. The Morgan fingerprint density at radius 3 is 2.60 bits per heavy atom. The minimum Gasteiger partial charge on any atom is -0.450 e. The number of aliphatic hydroxyl groups is 1. The highest BCUT2D eigenvalue weighted by Crippen LogP contribution is 2.17. The third kappa shape index (κ3) is 3.39. The first-order chi connectivity index (χ1) is 9.61. The highest BCUT2D eigenvalue weighted by atomic mass is 16.6. The summed E-state index contributed by atoms with van der Waals surface area (Å²) in [5.41, 5.74) is 0.805. The molecule has 1 aromatic rings. The molecule has 6 heteroatoms. The molecule has 2 rings (SSSR count). The maximum absolute atomic E-state index is 11.6. The molecular formula is C14H21N3O3. The normalized spacial score (nSPS) is 16.9. The minimum absolute atomic E-state index is 0.246. The number of piperazine rings is 1. The van der Waals surface area contributed by atoms with Crippen molar-refractivity contribution >= 4 is 11.9 Å². The first-order valence-corrected chi connectivity index (χ1v) is 6.92. The van der Waals surface area contributed by atoms with E-state index in [1.165, 1.54) is 0 Å². The second kappa shape index (κ2) is 6.56. The monoisotopic (exact) mass is 279 g/mol. The summed E-state index contributed by atoms with van der Waals surface area (Å²) in [7, 11) is 0. The third-order valence-corrected chi connectivity index (χ3v) is 3.38. The lowest BCUT2D eigenvalue weighted by atomic mass is 10.2. The van der Waals surface area contributed by atoms with Crippen LogP contribution in [0.2, 0.25) is 0 Å². The van der Waals surface area contributed by atoms with Crippen LogP contribution in [0.3, 0.4) is 0 Å². The molecule has 0 spiro atoms. The van der Waals surface area contributed by atoms with Gasteiger partial charge in [-0.1, -0.05) is 6.07 Å². The average molecular weight is 279 g/mol. The van der Waals surface area contributed by atoms with Crippen molar-refractivity contribution in [2.45, 2.75) is 20.0 Å². The van der Waals surface area contributed by atoms with Crippen LogP contribution in [-0.2, 0) is 4.74 Å². The number of carbonyl (C=O) groups excluding carboxylic acids is 1. The van der Waals surface area contributed by atoms with E-state index in [1.807, 2.05) is 19.1 Å². The number of anilines is 1. The summed E-state index contributed by atoms with van der Waals surface area (Å²) in [4.78, 5) is 19.8. The van der Waals surface area contributed by atoms with Gasteiger partial charge in [0.15, 0.2) is 0 Å². The number of aromatic nitrogens is 1. The maximum Gasteiger partial charge on any atom is 0.409 e. The van der Waals surface area contributed by atoms with Crippen LogP contribution in [0.1, 0.15) is 25.5 Å². The standard InChI is InChI=1S/C14H21N3O3/c1-3-20-14(19)17-8-6-16(7-9-17)13-5-4-12(10-15-13)11(2)18/h4-5,10-11,18H,3,6-9H2,1-2H3/t11-/m0/s1. The number of amides is 1. The first kappa shape index (κ1) is 14.6. The molecule has 1 aromatic heterocycles. The number of aliphatic hydroxyl groups excluding tert-OH is 1. The van der Waals surface area contributed by atoms with E-state index >= 15 is 0 Å². The molecule has 1 atom stereocenters. The number of carbonyl (C=O) groups is 1. The largest absolute Gasteiger partial charge is 0.450 e. The van der Waals surface area contributed by atoms with Gasteiger partial charge in [-0.3, -0.25) is 0 Å². The van der Waals surface area contributed by atoms with Gasteiger partial charge in [-0.25, -0.2) is 9.78 Å². The molecule has 0 aromatic carbocycles. The summed E-state index contributed by atoms with van der Waals surface area (Å²) in [6, 6.07) is 3.78. The highest BCUT2D eigenvalue weighted by Gasteiger charge is 2.22. The summed E-state index contributed by atoms with van der Waals surface area (Å²) in [6.45, 7) is 6.68. The van der Waals surface area contributed by atoms with E-state index in [4.69, 9.17) is 4.74 Å². The fraction of sp³-hybridized carbons (Fsp3) is 0.571. The van der Waals surface area contributed by atoms with E-state index in [1.54, 1.807) is 18.0 Å². The van der Waals surface area contributed by atoms with E-state index in [0.717, 1.165) is 24.5 Å². The first-order valence-electron chi connectivity index (χ1n) is 6.92. The van der Waals surface area contributed by atoms with Crippen LogP contribution in [0.15, 0.2) is 18.3 Å². The molecule has 1 fully saturated rings. The molecule has 0 radical (unpaired) electrons. The summed E-state index contributed by atoms with van der Waals surface area (Å²) >= 11 is 0. The Hall–Kier alpha value is -1.82. The molecule has 1 saturated heterocycles. The van der Waals surface area contributed by atoms with Crippen molar-refractivity contribution in [3.63, 3.8) is 0 Å². The van der Waals surface area contributed by atoms with Crippen molar-refractivity contribution in [2.24, 2.45) is 0 Å². The minimum atomic E-state index is -0.503. The summed E-state index contributed by atoms with van der Waals surface area (Å²) in [5, 5.41) is 9.46. The Bertz CT molecular complexity index is 439. The molecule has 2 heterocycles. The van der Waals surface area contributed by atoms with E-state index in [9.17, 15) is 9.90 Å². The number of hydrogen-bond donors (Lipinski definition) is 1. The van der Waals surface area contributed by atoms with Gasteiger partial charge in [-0.15, -0.1) is 0 Å². The van der Waals surface area contributed by atoms with Gasteiger partial charge in [0.25, 0.3) is 0 Å². The van der Waals surface area contributed by atoms with Crippen LogP contribution in [0, 0.1) is 0 Å². The van der Waals surface area contributed by atoms with Crippen LogP contribution < -0.4 is 4.90 Å². The zero-order valence-electron chi connectivity index (χ0n) is 12.0. The van der Waals surface area contributed by atoms with Gasteiger partial charge in [-0.05, 0) is 25.5 Å². The second-order valence-electron chi connectivity index (χ2n) is 4.80. The predicted molar refractivity (Wildman–Crippen MR) is 75.7 cm³/mol. The molecular weight excluding hydrogens is 258 g/mol. The van der Waals surface area contributed by atoms with Gasteiger partial charge in [0.1, 0.15) is 5.82 Å². The van der Waals surface area contributed by atoms with Crippen molar-refractivity contribution in [2.75, 3.05) is 37.7 Å². The Kier molecular flexibility index (Phi) is 4.79. The highest BCUT2D eigenvalue weighted by molar-refractivity contribution is 5.68. The molecule has 20 heavy (non-hydrogen) atoms. The van der Waals surface area contributed by atoms with Gasteiger partial charge < -0.3 is 19.6 Å². The second-order valence-corrected chi connectivity index (χ2v) is 4.80. The van der Waals surface area contributed by atoms with E-state index in [-0.39, 0.29) is 6.09 Å². The van der Waals surface area contributed by atoms with E-state index in [0.29, 0.717) is 19.7 Å². The lowest BCUT2D eigenvalue weighted by Crippen LogP contribution is -2.49. The van der Waals surface area contributed by atoms with Crippen molar-refractivity contribution in [1.82, 2.24) is 9.88 Å². The molecule has 1 aliphatic rings. The predicted octanol–water partition coefficient (Wildman–Crippen LogP) is 1.41. The number of pyridine rings is 1. The Morgan fingerprint density at radius 2 is 2.10 bits per heavy atom. The summed E-state index contributed by atoms with van der Waals surface area (Å²) in [6.07, 6.45) is 0.944. The molecule has 1 N–H and O–H groups in total. The van der Waals surface area contributed by atoms with Crippen LogP contribution in [0.25, 0.3) is 0 Å². The van der Waals surface area contributed by atoms with Crippen molar-refractivity contribution in [3.8, 4) is 0 Å². The Morgan fingerprint density at radius 1 is 1.40 bits per heavy atom. The lowest BCUT2D eigenvalue weighted by Gasteiger charge is -2.34. The van der Waals surface area contributed by atoms with E-state index in [2.05, 4.69) is 9.88 Å². The molecule has 1 aliphatic heterocycles. The third-order valence-electron chi connectivity index (χ3n) is 3.38. The number of rotatable bonds is 3. The molecule has 1 amide bonds. The zero-order chi connectivity index (χ0) is 14.5. The molecule has 0 saturated carbocycles. The maximum atomic E-state index is 11.6. The molecule has 0 bridgehead atoms. The summed E-state index contributed by atoms with van der Waals surface area (Å²) in [5.74, 6) is 0.873. The number of hydrogen-bond acceptors (Lipinski definition) is 5. The molecule has 110 valence electrons. The van der Waals surface area contributed by atoms with Crippen LogP contribution >= 0.6 is 0 Å². The van der Waals surface area contributed by atoms with Crippen LogP contribution in [0.5, 0.6) is 0 Å². The van der Waals surface area contributed by atoms with Gasteiger partial charge in [0.05, 0.1) is 12.7 Å². The molecule has 0 aliphatic carbocycles. The Labute approximate surface area is 119 Å². The van der Waals surface area contributed by atoms with Crippen LogP contribution in [0.4, 0.5) is 10.6 Å². The number of nitrogens with zero attached hydrogens (tertiary/aromatic N) is 3. The van der Waals surface area contributed by atoms with Crippen LogP contribution in [-0.4, -0.2) is 53.9 Å². The quantitative estimate of drug-likeness (QED) is 0.906. The lowest BCUT2D eigenvalue weighted by molar-refractivity contribution is 0.105. The van der Waals surface area contributed by atoms with Gasteiger partial charge >= 0.3 is 6.09 Å². The van der Waals surface area contributed by atoms with Gasteiger partial charge in [0.2, 0.25) is 0 Å². The zero-order valence-corrected chi connectivity index (χ0v) is 12.0. The average Bonchev–Trinajstić information content (AvgIpc) is 2.48.